The highest BCUT2D eigenvalue weighted by Crippen LogP contribution is 2.10. The number of rotatable bonds is 6. The van der Waals surface area contributed by atoms with Crippen molar-refractivity contribution in [2.24, 2.45) is 0 Å². The van der Waals surface area contributed by atoms with E-state index in [1.54, 1.807) is 0 Å². The first-order chi connectivity index (χ1) is 9.29. The van der Waals surface area contributed by atoms with Gasteiger partial charge in [0.2, 0.25) is 5.91 Å². The van der Waals surface area contributed by atoms with Crippen molar-refractivity contribution in [2.75, 3.05) is 39.4 Å². The van der Waals surface area contributed by atoms with Gasteiger partial charge in [-0.25, -0.2) is 0 Å². The smallest absolute Gasteiger partial charge is 0.234 e. The van der Waals surface area contributed by atoms with Crippen LogP contribution in [0.2, 0.25) is 0 Å². The van der Waals surface area contributed by atoms with E-state index in [-0.39, 0.29) is 5.91 Å². The number of carbonyl (C=O) groups excluding carboxylic acids is 1. The average molecular weight is 269 g/mol. The maximum absolute atomic E-state index is 12.1. The highest BCUT2D eigenvalue weighted by atomic mass is 16.5. The minimum absolute atomic E-state index is 0.173. The molecule has 5 heteroatoms. The van der Waals surface area contributed by atoms with Gasteiger partial charge in [-0.15, -0.1) is 0 Å². The van der Waals surface area contributed by atoms with Gasteiger partial charge in [0.15, 0.2) is 0 Å². The summed E-state index contributed by atoms with van der Waals surface area (Å²) in [4.78, 5) is 14.5. The summed E-state index contributed by atoms with van der Waals surface area (Å²) in [5, 5.41) is 6.53. The zero-order valence-corrected chi connectivity index (χ0v) is 12.0. The number of nitrogens with zero attached hydrogens (tertiary/aromatic N) is 1. The molecule has 0 aromatic carbocycles. The summed E-state index contributed by atoms with van der Waals surface area (Å²) in [6.07, 6.45) is 4.15. The van der Waals surface area contributed by atoms with E-state index in [9.17, 15) is 4.79 Å². The summed E-state index contributed by atoms with van der Waals surface area (Å²) in [5.41, 5.74) is 0. The molecule has 1 unspecified atom stereocenters. The molecular weight excluding hydrogens is 242 g/mol. The topological polar surface area (TPSA) is 53.6 Å². The van der Waals surface area contributed by atoms with Crippen molar-refractivity contribution in [3.63, 3.8) is 0 Å². The molecule has 0 spiro atoms. The summed E-state index contributed by atoms with van der Waals surface area (Å²) < 4.78 is 5.31. The zero-order chi connectivity index (χ0) is 13.5. The molecule has 2 heterocycles. The van der Waals surface area contributed by atoms with Crippen LogP contribution in [0.4, 0.5) is 0 Å². The van der Waals surface area contributed by atoms with Crippen molar-refractivity contribution < 1.29 is 9.53 Å². The van der Waals surface area contributed by atoms with E-state index in [1.165, 1.54) is 0 Å². The zero-order valence-electron chi connectivity index (χ0n) is 12.0. The Labute approximate surface area is 116 Å². The lowest BCUT2D eigenvalue weighted by atomic mass is 10.1. The van der Waals surface area contributed by atoms with Gasteiger partial charge in [-0.05, 0) is 38.8 Å². The van der Waals surface area contributed by atoms with Crippen LogP contribution in [0.5, 0.6) is 0 Å². The predicted octanol–water partition coefficient (Wildman–Crippen LogP) is 0.356. The third-order valence-electron chi connectivity index (χ3n) is 3.99. The molecule has 2 aliphatic heterocycles. The molecule has 0 saturated carbocycles. The Morgan fingerprint density at radius 3 is 2.79 bits per heavy atom. The fourth-order valence-electron chi connectivity index (χ4n) is 2.93. The van der Waals surface area contributed by atoms with Crippen LogP contribution in [0, 0.1) is 0 Å². The lowest BCUT2D eigenvalue weighted by molar-refractivity contribution is -0.124. The van der Waals surface area contributed by atoms with Gasteiger partial charge in [-0.1, -0.05) is 6.92 Å². The second-order valence-corrected chi connectivity index (χ2v) is 5.57. The van der Waals surface area contributed by atoms with Crippen molar-refractivity contribution in [3.8, 4) is 0 Å². The van der Waals surface area contributed by atoms with Crippen LogP contribution < -0.4 is 10.6 Å². The number of amides is 1. The number of ether oxygens (including phenoxy) is 1. The molecule has 0 radical (unpaired) electrons. The van der Waals surface area contributed by atoms with Crippen molar-refractivity contribution in [1.82, 2.24) is 15.5 Å². The van der Waals surface area contributed by atoms with Gasteiger partial charge in [-0.2, -0.15) is 0 Å². The van der Waals surface area contributed by atoms with Crippen LogP contribution in [-0.4, -0.2) is 62.3 Å². The van der Waals surface area contributed by atoms with Crippen molar-refractivity contribution >= 4 is 5.91 Å². The first-order valence-corrected chi connectivity index (χ1v) is 7.61. The third-order valence-corrected chi connectivity index (χ3v) is 3.99. The molecule has 110 valence electrons. The molecule has 1 atom stereocenters. The normalized spacial score (nSPS) is 24.8. The van der Waals surface area contributed by atoms with Crippen LogP contribution >= 0.6 is 0 Å². The number of carbonyl (C=O) groups is 1. The van der Waals surface area contributed by atoms with Crippen molar-refractivity contribution in [2.45, 2.75) is 44.7 Å². The van der Waals surface area contributed by atoms with Crippen LogP contribution in [0.1, 0.15) is 32.6 Å². The van der Waals surface area contributed by atoms with E-state index in [4.69, 9.17) is 4.74 Å². The highest BCUT2D eigenvalue weighted by Gasteiger charge is 2.24. The Bertz CT molecular complexity index is 274. The van der Waals surface area contributed by atoms with Gasteiger partial charge in [0.25, 0.3) is 0 Å². The van der Waals surface area contributed by atoms with E-state index in [1.807, 2.05) is 0 Å². The molecule has 1 amide bonds. The monoisotopic (exact) mass is 269 g/mol. The van der Waals surface area contributed by atoms with Gasteiger partial charge < -0.3 is 15.4 Å². The quantitative estimate of drug-likeness (QED) is 0.731. The van der Waals surface area contributed by atoms with Gasteiger partial charge >= 0.3 is 0 Å². The average Bonchev–Trinajstić information content (AvgIpc) is 2.93. The minimum atomic E-state index is 0.173. The third kappa shape index (κ3) is 4.75. The Morgan fingerprint density at radius 1 is 1.37 bits per heavy atom. The lowest BCUT2D eigenvalue weighted by Crippen LogP contribution is -2.47. The Morgan fingerprint density at radius 2 is 2.16 bits per heavy atom. The maximum atomic E-state index is 12.1. The summed E-state index contributed by atoms with van der Waals surface area (Å²) >= 11 is 0. The summed E-state index contributed by atoms with van der Waals surface area (Å²) in [6.45, 7) is 7.36. The standard InChI is InChI=1S/C14H27N3O2/c1-2-7-17(13-3-6-15-10-13)11-14(18)16-12-4-8-19-9-5-12/h12-13,15H,2-11H2,1H3,(H,16,18). The molecule has 0 bridgehead atoms. The highest BCUT2D eigenvalue weighted by molar-refractivity contribution is 5.78. The number of hydrogen-bond acceptors (Lipinski definition) is 4. The number of hydrogen-bond donors (Lipinski definition) is 2. The van der Waals surface area contributed by atoms with Crippen LogP contribution in [0.25, 0.3) is 0 Å². The molecule has 0 aromatic heterocycles. The molecular formula is C14H27N3O2. The summed E-state index contributed by atoms with van der Waals surface area (Å²) in [6, 6.07) is 0.840. The maximum Gasteiger partial charge on any atom is 0.234 e. The van der Waals surface area contributed by atoms with Gasteiger partial charge in [0.1, 0.15) is 0 Å². The van der Waals surface area contributed by atoms with Gasteiger partial charge in [-0.3, -0.25) is 9.69 Å². The largest absolute Gasteiger partial charge is 0.381 e. The molecule has 2 N–H and O–H groups in total. The van der Waals surface area contributed by atoms with E-state index in [0.29, 0.717) is 18.6 Å². The molecule has 0 aromatic rings. The van der Waals surface area contributed by atoms with Crippen LogP contribution in [0.3, 0.4) is 0 Å². The molecule has 2 saturated heterocycles. The first kappa shape index (κ1) is 14.8. The van der Waals surface area contributed by atoms with Gasteiger partial charge in [0, 0.05) is 31.8 Å². The van der Waals surface area contributed by atoms with E-state index in [2.05, 4.69) is 22.5 Å². The summed E-state index contributed by atoms with van der Waals surface area (Å²) in [7, 11) is 0. The SMILES string of the molecule is CCCN(CC(=O)NC1CCOCC1)C1CCNC1. The molecule has 2 rings (SSSR count). The fraction of sp³-hybridized carbons (Fsp3) is 0.929. The van der Waals surface area contributed by atoms with Crippen LogP contribution in [-0.2, 0) is 9.53 Å². The summed E-state index contributed by atoms with van der Waals surface area (Å²) in [5.74, 6) is 0.173. The molecule has 2 aliphatic rings. The van der Waals surface area contributed by atoms with Crippen molar-refractivity contribution in [1.29, 1.82) is 0 Å². The Kier molecular flexibility index (Phi) is 6.07. The molecule has 0 aliphatic carbocycles. The Balaban J connectivity index is 1.76. The molecule has 2 fully saturated rings. The van der Waals surface area contributed by atoms with E-state index >= 15 is 0 Å². The second kappa shape index (κ2) is 7.82. The number of nitrogens with one attached hydrogen (secondary N) is 2. The molecule has 5 nitrogen and oxygen atoms in total. The van der Waals surface area contributed by atoms with Crippen molar-refractivity contribution in [3.05, 3.63) is 0 Å². The predicted molar refractivity (Wildman–Crippen MR) is 75.1 cm³/mol. The minimum Gasteiger partial charge on any atom is -0.381 e. The second-order valence-electron chi connectivity index (χ2n) is 5.57. The van der Waals surface area contributed by atoms with E-state index in [0.717, 1.165) is 58.5 Å². The first-order valence-electron chi connectivity index (χ1n) is 7.61. The lowest BCUT2D eigenvalue weighted by Gasteiger charge is -2.29. The van der Waals surface area contributed by atoms with E-state index < -0.39 is 0 Å². The van der Waals surface area contributed by atoms with Crippen LogP contribution in [0.15, 0.2) is 0 Å². The fourth-order valence-corrected chi connectivity index (χ4v) is 2.93. The van der Waals surface area contributed by atoms with Gasteiger partial charge in [0.05, 0.1) is 6.54 Å². The Hall–Kier alpha value is -0.650. The molecule has 19 heavy (non-hydrogen) atoms.